The van der Waals surface area contributed by atoms with E-state index in [4.69, 9.17) is 15.7 Å². The zero-order valence-electron chi connectivity index (χ0n) is 10.9. The zero-order chi connectivity index (χ0) is 13.6. The topological polar surface area (TPSA) is 59.0 Å². The van der Waals surface area contributed by atoms with Crippen molar-refractivity contribution in [3.05, 3.63) is 35.1 Å². The van der Waals surface area contributed by atoms with Crippen LogP contribution < -0.4 is 5.73 Å². The van der Waals surface area contributed by atoms with E-state index in [2.05, 4.69) is 0 Å². The molecule has 0 unspecified atom stereocenters. The molecule has 98 valence electrons. The lowest BCUT2D eigenvalue weighted by Gasteiger charge is -2.26. The highest BCUT2D eigenvalue weighted by molar-refractivity contribution is 5.33. The van der Waals surface area contributed by atoms with Gasteiger partial charge in [0.15, 0.2) is 0 Å². The van der Waals surface area contributed by atoms with Gasteiger partial charge in [0.25, 0.3) is 0 Å². The first-order chi connectivity index (χ1) is 8.54. The number of benzene rings is 1. The number of hydrogen-bond donors (Lipinski definition) is 1. The summed E-state index contributed by atoms with van der Waals surface area (Å²) in [5.41, 5.74) is 6.55. The summed E-state index contributed by atoms with van der Waals surface area (Å²) in [5, 5.41) is 8.75. The van der Waals surface area contributed by atoms with Crippen LogP contribution in [0.2, 0.25) is 0 Å². The molecule has 0 bridgehead atoms. The fourth-order valence-electron chi connectivity index (χ4n) is 1.57. The Balaban J connectivity index is 2.62. The maximum Gasteiger partial charge on any atom is 0.128 e. The highest BCUT2D eigenvalue weighted by Crippen LogP contribution is 2.15. The van der Waals surface area contributed by atoms with Crippen molar-refractivity contribution in [1.82, 2.24) is 0 Å². The SMILES string of the molecule is CCC(N)(CC)COCc1cc(C#N)ccc1F. The molecule has 0 radical (unpaired) electrons. The standard InChI is InChI=1S/C14H19FN2O/c1-3-14(17,4-2)10-18-9-12-7-11(8-16)5-6-13(12)15/h5-7H,3-4,9-10,17H2,1-2H3. The minimum atomic E-state index is -0.358. The molecule has 0 heterocycles. The average Bonchev–Trinajstić information content (AvgIpc) is 2.40. The Kier molecular flexibility index (Phi) is 5.26. The first-order valence-corrected chi connectivity index (χ1v) is 6.10. The number of hydrogen-bond acceptors (Lipinski definition) is 3. The van der Waals surface area contributed by atoms with Crippen molar-refractivity contribution < 1.29 is 9.13 Å². The maximum absolute atomic E-state index is 13.5. The molecule has 0 saturated heterocycles. The van der Waals surface area contributed by atoms with Crippen LogP contribution >= 0.6 is 0 Å². The minimum absolute atomic E-state index is 0.139. The van der Waals surface area contributed by atoms with Crippen LogP contribution in [-0.4, -0.2) is 12.1 Å². The number of ether oxygens (including phenoxy) is 1. The second-order valence-electron chi connectivity index (χ2n) is 4.48. The summed E-state index contributed by atoms with van der Waals surface area (Å²) in [6, 6.07) is 6.21. The van der Waals surface area contributed by atoms with Gasteiger partial charge in [-0.05, 0) is 31.0 Å². The van der Waals surface area contributed by atoms with E-state index in [0.29, 0.717) is 17.7 Å². The first kappa shape index (κ1) is 14.6. The molecular weight excluding hydrogens is 231 g/mol. The Labute approximate surface area is 107 Å². The van der Waals surface area contributed by atoms with Crippen LogP contribution in [0.15, 0.2) is 18.2 Å². The third kappa shape index (κ3) is 3.80. The molecule has 0 fully saturated rings. The molecule has 3 nitrogen and oxygen atoms in total. The van der Waals surface area contributed by atoms with Crippen LogP contribution in [0.1, 0.15) is 37.8 Å². The Morgan fingerprint density at radius 1 is 1.39 bits per heavy atom. The van der Waals surface area contributed by atoms with Crippen LogP contribution in [0.4, 0.5) is 4.39 Å². The second-order valence-corrected chi connectivity index (χ2v) is 4.48. The summed E-state index contributed by atoms with van der Waals surface area (Å²) in [7, 11) is 0. The Morgan fingerprint density at radius 3 is 2.61 bits per heavy atom. The van der Waals surface area contributed by atoms with Gasteiger partial charge in [0.1, 0.15) is 5.82 Å². The maximum atomic E-state index is 13.5. The molecule has 1 rings (SSSR count). The third-order valence-corrected chi connectivity index (χ3v) is 3.23. The molecule has 0 aliphatic carbocycles. The van der Waals surface area contributed by atoms with Crippen LogP contribution in [0, 0.1) is 17.1 Å². The van der Waals surface area contributed by atoms with Gasteiger partial charge in [0.05, 0.1) is 24.8 Å². The molecule has 0 spiro atoms. The highest BCUT2D eigenvalue weighted by Gasteiger charge is 2.20. The number of nitriles is 1. The molecule has 0 atom stereocenters. The van der Waals surface area contributed by atoms with Crippen molar-refractivity contribution in [2.45, 2.75) is 38.8 Å². The number of nitrogens with two attached hydrogens (primary N) is 1. The number of rotatable bonds is 6. The summed E-state index contributed by atoms with van der Waals surface area (Å²) in [6.45, 7) is 4.53. The van der Waals surface area contributed by atoms with E-state index in [1.54, 1.807) is 0 Å². The van der Waals surface area contributed by atoms with Gasteiger partial charge >= 0.3 is 0 Å². The molecule has 18 heavy (non-hydrogen) atoms. The van der Waals surface area contributed by atoms with Crippen molar-refractivity contribution in [3.63, 3.8) is 0 Å². The molecule has 0 aliphatic rings. The highest BCUT2D eigenvalue weighted by atomic mass is 19.1. The lowest BCUT2D eigenvalue weighted by Crippen LogP contribution is -2.43. The van der Waals surface area contributed by atoms with Crippen molar-refractivity contribution in [1.29, 1.82) is 5.26 Å². The molecule has 4 heteroatoms. The zero-order valence-corrected chi connectivity index (χ0v) is 10.9. The fraction of sp³-hybridized carbons (Fsp3) is 0.500. The van der Waals surface area contributed by atoms with E-state index < -0.39 is 0 Å². The molecule has 0 saturated carbocycles. The van der Waals surface area contributed by atoms with Gasteiger partial charge in [-0.15, -0.1) is 0 Å². The largest absolute Gasteiger partial charge is 0.375 e. The van der Waals surface area contributed by atoms with Gasteiger partial charge in [-0.2, -0.15) is 5.26 Å². The molecule has 0 aromatic heterocycles. The van der Waals surface area contributed by atoms with Gasteiger partial charge in [0.2, 0.25) is 0 Å². The number of nitrogens with zero attached hydrogens (tertiary/aromatic N) is 1. The predicted octanol–water partition coefficient (Wildman–Crippen LogP) is 2.73. The fourth-order valence-corrected chi connectivity index (χ4v) is 1.57. The van der Waals surface area contributed by atoms with E-state index >= 15 is 0 Å². The smallest absolute Gasteiger partial charge is 0.128 e. The second kappa shape index (κ2) is 6.48. The molecule has 0 amide bonds. The van der Waals surface area contributed by atoms with E-state index in [1.807, 2.05) is 19.9 Å². The van der Waals surface area contributed by atoms with E-state index in [9.17, 15) is 4.39 Å². The van der Waals surface area contributed by atoms with E-state index in [-0.39, 0.29) is 18.0 Å². The molecular formula is C14H19FN2O. The van der Waals surface area contributed by atoms with Crippen molar-refractivity contribution in [2.75, 3.05) is 6.61 Å². The van der Waals surface area contributed by atoms with Gasteiger partial charge in [-0.25, -0.2) is 4.39 Å². The van der Waals surface area contributed by atoms with E-state index in [1.165, 1.54) is 18.2 Å². The van der Waals surface area contributed by atoms with Crippen LogP contribution in [0.3, 0.4) is 0 Å². The van der Waals surface area contributed by atoms with Crippen LogP contribution in [0.25, 0.3) is 0 Å². The lowest BCUT2D eigenvalue weighted by atomic mass is 9.96. The van der Waals surface area contributed by atoms with Gasteiger partial charge < -0.3 is 10.5 Å². The molecule has 1 aromatic rings. The normalized spacial score (nSPS) is 11.3. The van der Waals surface area contributed by atoms with E-state index in [0.717, 1.165) is 12.8 Å². The minimum Gasteiger partial charge on any atom is -0.375 e. The third-order valence-electron chi connectivity index (χ3n) is 3.23. The summed E-state index contributed by atoms with van der Waals surface area (Å²) < 4.78 is 18.9. The van der Waals surface area contributed by atoms with Gasteiger partial charge in [-0.3, -0.25) is 0 Å². The van der Waals surface area contributed by atoms with Gasteiger partial charge in [-0.1, -0.05) is 13.8 Å². The van der Waals surface area contributed by atoms with Crippen molar-refractivity contribution in [3.8, 4) is 6.07 Å². The van der Waals surface area contributed by atoms with Crippen molar-refractivity contribution in [2.24, 2.45) is 5.73 Å². The first-order valence-electron chi connectivity index (χ1n) is 6.10. The summed E-state index contributed by atoms with van der Waals surface area (Å²) in [4.78, 5) is 0. The molecule has 2 N–H and O–H groups in total. The average molecular weight is 250 g/mol. The summed E-state index contributed by atoms with van der Waals surface area (Å²) in [6.07, 6.45) is 1.62. The Morgan fingerprint density at radius 2 is 2.06 bits per heavy atom. The lowest BCUT2D eigenvalue weighted by molar-refractivity contribution is 0.0680. The molecule has 1 aromatic carbocycles. The summed E-state index contributed by atoms with van der Waals surface area (Å²) >= 11 is 0. The molecule has 0 aliphatic heterocycles. The predicted molar refractivity (Wildman–Crippen MR) is 68.3 cm³/mol. The van der Waals surface area contributed by atoms with Crippen molar-refractivity contribution >= 4 is 0 Å². The number of halogens is 1. The van der Waals surface area contributed by atoms with Crippen LogP contribution in [0.5, 0.6) is 0 Å². The Hall–Kier alpha value is -1.44. The Bertz CT molecular complexity index is 436. The van der Waals surface area contributed by atoms with Crippen LogP contribution in [-0.2, 0) is 11.3 Å². The monoisotopic (exact) mass is 250 g/mol. The quantitative estimate of drug-likeness (QED) is 0.844. The van der Waals surface area contributed by atoms with Gasteiger partial charge in [0, 0.05) is 11.1 Å². The summed E-state index contributed by atoms with van der Waals surface area (Å²) in [5.74, 6) is -0.357.